The summed E-state index contributed by atoms with van der Waals surface area (Å²) in [6.45, 7) is 6.96. The summed E-state index contributed by atoms with van der Waals surface area (Å²) in [4.78, 5) is 0.425. The third-order valence-corrected chi connectivity index (χ3v) is 5.41. The van der Waals surface area contributed by atoms with Gasteiger partial charge in [-0.3, -0.25) is 0 Å². The first kappa shape index (κ1) is 12.6. The maximum atomic E-state index is 11.7. The monoisotopic (exact) mass is 253 g/mol. The number of hydrogen-bond acceptors (Lipinski definition) is 3. The van der Waals surface area contributed by atoms with E-state index < -0.39 is 9.84 Å². The Labute approximate surface area is 103 Å². The van der Waals surface area contributed by atoms with Gasteiger partial charge in [-0.25, -0.2) is 8.42 Å². The summed E-state index contributed by atoms with van der Waals surface area (Å²) in [6, 6.07) is 7.33. The zero-order valence-electron chi connectivity index (χ0n) is 10.5. The average molecular weight is 253 g/mol. The first-order chi connectivity index (χ1) is 7.87. The number of sulfone groups is 1. The average Bonchev–Trinajstić information content (AvgIpc) is 2.28. The number of benzene rings is 1. The van der Waals surface area contributed by atoms with Crippen LogP contribution in [-0.4, -0.2) is 26.3 Å². The molecule has 1 saturated heterocycles. The molecule has 0 amide bonds. The van der Waals surface area contributed by atoms with Crippen LogP contribution in [-0.2, 0) is 9.84 Å². The normalized spacial score (nSPS) is 23.1. The van der Waals surface area contributed by atoms with Crippen LogP contribution < -0.4 is 5.32 Å². The fraction of sp³-hybridized carbons (Fsp3) is 0.538. The number of rotatable bonds is 3. The largest absolute Gasteiger partial charge is 0.310 e. The highest BCUT2D eigenvalue weighted by Crippen LogP contribution is 2.35. The molecular formula is C13H19NO2S. The minimum atomic E-state index is -3.07. The Morgan fingerprint density at radius 1 is 1.29 bits per heavy atom. The van der Waals surface area contributed by atoms with E-state index in [1.807, 2.05) is 12.1 Å². The topological polar surface area (TPSA) is 46.2 Å². The summed E-state index contributed by atoms with van der Waals surface area (Å²) in [7, 11) is -3.07. The van der Waals surface area contributed by atoms with Crippen LogP contribution in [0.3, 0.4) is 0 Å². The van der Waals surface area contributed by atoms with Gasteiger partial charge in [-0.05, 0) is 31.5 Å². The lowest BCUT2D eigenvalue weighted by Gasteiger charge is -2.46. The van der Waals surface area contributed by atoms with E-state index in [2.05, 4.69) is 19.2 Å². The summed E-state index contributed by atoms with van der Waals surface area (Å²) < 4.78 is 23.4. The summed E-state index contributed by atoms with van der Waals surface area (Å²) >= 11 is 0. The quantitative estimate of drug-likeness (QED) is 0.895. The summed E-state index contributed by atoms with van der Waals surface area (Å²) in [5.74, 6) is 0.629. The summed E-state index contributed by atoms with van der Waals surface area (Å²) in [6.07, 6.45) is 0. The van der Waals surface area contributed by atoms with Gasteiger partial charge in [0.15, 0.2) is 9.84 Å². The van der Waals surface area contributed by atoms with Crippen molar-refractivity contribution in [2.45, 2.75) is 37.1 Å². The molecule has 3 nitrogen and oxygen atoms in total. The van der Waals surface area contributed by atoms with Crippen LogP contribution in [0.2, 0.25) is 0 Å². The molecule has 0 bridgehead atoms. The van der Waals surface area contributed by atoms with Crippen LogP contribution in [0.5, 0.6) is 0 Å². The molecule has 1 unspecified atom stereocenters. The lowest BCUT2D eigenvalue weighted by Crippen LogP contribution is -2.59. The lowest BCUT2D eigenvalue weighted by molar-refractivity contribution is 0.208. The highest BCUT2D eigenvalue weighted by atomic mass is 32.2. The van der Waals surface area contributed by atoms with Crippen LogP contribution in [0.15, 0.2) is 29.2 Å². The molecule has 17 heavy (non-hydrogen) atoms. The van der Waals surface area contributed by atoms with Gasteiger partial charge in [-0.1, -0.05) is 19.1 Å². The molecule has 94 valence electrons. The molecule has 1 fully saturated rings. The highest BCUT2D eigenvalue weighted by molar-refractivity contribution is 7.91. The minimum absolute atomic E-state index is 0.116. The van der Waals surface area contributed by atoms with Crippen molar-refractivity contribution in [3.8, 4) is 0 Å². The minimum Gasteiger partial charge on any atom is -0.310 e. The molecule has 1 aliphatic heterocycles. The lowest BCUT2D eigenvalue weighted by atomic mass is 9.75. The van der Waals surface area contributed by atoms with Gasteiger partial charge in [0.25, 0.3) is 0 Å². The summed E-state index contributed by atoms with van der Waals surface area (Å²) in [5.41, 5.74) is 1.33. The van der Waals surface area contributed by atoms with Gasteiger partial charge < -0.3 is 5.32 Å². The van der Waals surface area contributed by atoms with Gasteiger partial charge >= 0.3 is 0 Å². The fourth-order valence-electron chi connectivity index (χ4n) is 2.22. The van der Waals surface area contributed by atoms with E-state index >= 15 is 0 Å². The van der Waals surface area contributed by atoms with Crippen molar-refractivity contribution >= 4 is 9.84 Å². The molecule has 1 N–H and O–H groups in total. The molecule has 1 aromatic rings. The number of hydrogen-bond donors (Lipinski definition) is 1. The van der Waals surface area contributed by atoms with Gasteiger partial charge in [-0.15, -0.1) is 0 Å². The predicted molar refractivity (Wildman–Crippen MR) is 69.0 cm³/mol. The smallest absolute Gasteiger partial charge is 0.178 e. The van der Waals surface area contributed by atoms with Crippen molar-refractivity contribution < 1.29 is 8.42 Å². The van der Waals surface area contributed by atoms with Crippen molar-refractivity contribution in [3.63, 3.8) is 0 Å². The van der Waals surface area contributed by atoms with Gasteiger partial charge in [0.2, 0.25) is 0 Å². The van der Waals surface area contributed by atoms with Crippen LogP contribution in [0.1, 0.15) is 32.3 Å². The fourth-order valence-corrected chi connectivity index (χ4v) is 3.11. The molecule has 0 radical (unpaired) electrons. The Balaban J connectivity index is 2.26. The SMILES string of the molecule is CCS(=O)(=O)c1ccc(C2CNC2(C)C)cc1. The molecular weight excluding hydrogens is 234 g/mol. The Bertz CT molecular complexity index is 503. The molecule has 0 saturated carbocycles. The Morgan fingerprint density at radius 2 is 1.88 bits per heavy atom. The molecule has 0 spiro atoms. The van der Waals surface area contributed by atoms with Crippen molar-refractivity contribution in [2.24, 2.45) is 0 Å². The summed E-state index contributed by atoms with van der Waals surface area (Å²) in [5, 5.41) is 3.37. The number of nitrogens with one attached hydrogen (secondary N) is 1. The van der Waals surface area contributed by atoms with Gasteiger partial charge in [0.1, 0.15) is 0 Å². The second kappa shape index (κ2) is 4.10. The first-order valence-electron chi connectivity index (χ1n) is 5.94. The standard InChI is InChI=1S/C13H19NO2S/c1-4-17(15,16)11-7-5-10(6-8-11)12-9-14-13(12,2)3/h5-8,12,14H,4,9H2,1-3H3. The van der Waals surface area contributed by atoms with Crippen LogP contribution in [0.25, 0.3) is 0 Å². The Hall–Kier alpha value is -0.870. The maximum absolute atomic E-state index is 11.7. The van der Waals surface area contributed by atoms with E-state index in [4.69, 9.17) is 0 Å². The molecule has 0 aromatic heterocycles. The molecule has 1 aromatic carbocycles. The zero-order valence-corrected chi connectivity index (χ0v) is 11.3. The molecule has 0 aliphatic carbocycles. The molecule has 1 aliphatic rings. The second-order valence-electron chi connectivity index (χ2n) is 5.13. The zero-order chi connectivity index (χ0) is 12.7. The van der Waals surface area contributed by atoms with E-state index in [1.165, 1.54) is 5.56 Å². The second-order valence-corrected chi connectivity index (χ2v) is 7.41. The van der Waals surface area contributed by atoms with E-state index in [9.17, 15) is 8.42 Å². The maximum Gasteiger partial charge on any atom is 0.178 e. The van der Waals surface area contributed by atoms with Crippen molar-refractivity contribution in [1.82, 2.24) is 5.32 Å². The predicted octanol–water partition coefficient (Wildman–Crippen LogP) is 1.95. The van der Waals surface area contributed by atoms with E-state index in [0.717, 1.165) is 6.54 Å². The Morgan fingerprint density at radius 3 is 2.24 bits per heavy atom. The highest BCUT2D eigenvalue weighted by Gasteiger charge is 2.38. The molecule has 2 rings (SSSR count). The van der Waals surface area contributed by atoms with Crippen LogP contribution in [0, 0.1) is 0 Å². The van der Waals surface area contributed by atoms with E-state index in [-0.39, 0.29) is 11.3 Å². The van der Waals surface area contributed by atoms with E-state index in [0.29, 0.717) is 10.8 Å². The molecule has 4 heteroatoms. The van der Waals surface area contributed by atoms with Crippen molar-refractivity contribution in [1.29, 1.82) is 0 Å². The van der Waals surface area contributed by atoms with Gasteiger partial charge in [0, 0.05) is 18.0 Å². The molecule has 1 atom stereocenters. The van der Waals surface area contributed by atoms with Gasteiger partial charge in [-0.2, -0.15) is 0 Å². The van der Waals surface area contributed by atoms with Crippen LogP contribution >= 0.6 is 0 Å². The third-order valence-electron chi connectivity index (χ3n) is 3.65. The van der Waals surface area contributed by atoms with Crippen LogP contribution in [0.4, 0.5) is 0 Å². The van der Waals surface area contributed by atoms with Crippen molar-refractivity contribution in [2.75, 3.05) is 12.3 Å². The van der Waals surface area contributed by atoms with Crippen molar-refractivity contribution in [3.05, 3.63) is 29.8 Å². The molecule has 1 heterocycles. The van der Waals surface area contributed by atoms with E-state index in [1.54, 1.807) is 19.1 Å². The Kier molecular flexibility index (Phi) is 3.04. The third kappa shape index (κ3) is 2.24. The first-order valence-corrected chi connectivity index (χ1v) is 7.60. The van der Waals surface area contributed by atoms with Gasteiger partial charge in [0.05, 0.1) is 10.6 Å².